The number of hydrogen-bond donors (Lipinski definition) is 1. The highest BCUT2D eigenvalue weighted by molar-refractivity contribution is 5.54. The molecule has 1 heterocycles. The molecule has 0 aromatic heterocycles. The summed E-state index contributed by atoms with van der Waals surface area (Å²) in [5, 5.41) is 3.21. The van der Waals surface area contributed by atoms with Gasteiger partial charge in [0.05, 0.1) is 0 Å². The largest absolute Gasteiger partial charge is 0.371 e. The van der Waals surface area contributed by atoms with E-state index in [1.807, 2.05) is 7.05 Å². The van der Waals surface area contributed by atoms with Crippen molar-refractivity contribution in [1.82, 2.24) is 5.32 Å². The monoisotopic (exact) mass is 246 g/mol. The summed E-state index contributed by atoms with van der Waals surface area (Å²) in [5.74, 6) is 0. The first-order valence-electron chi connectivity index (χ1n) is 7.30. The highest BCUT2D eigenvalue weighted by Gasteiger charge is 2.11. The zero-order valence-electron chi connectivity index (χ0n) is 11.8. The maximum Gasteiger partial charge on any atom is 0.0396 e. The van der Waals surface area contributed by atoms with Crippen LogP contribution in [0.2, 0.25) is 0 Å². The SMILES string of the molecule is CNCc1ccc(N2CCCCCCC2)c(C)c1. The summed E-state index contributed by atoms with van der Waals surface area (Å²) in [6.07, 6.45) is 6.91. The molecule has 0 unspecified atom stereocenters. The molecule has 1 aliphatic heterocycles. The van der Waals surface area contributed by atoms with Crippen molar-refractivity contribution in [3.05, 3.63) is 29.3 Å². The van der Waals surface area contributed by atoms with Crippen molar-refractivity contribution < 1.29 is 0 Å². The maximum absolute atomic E-state index is 3.21. The minimum absolute atomic E-state index is 0.959. The van der Waals surface area contributed by atoms with Crippen molar-refractivity contribution in [2.75, 3.05) is 25.0 Å². The molecule has 0 bridgehead atoms. The Balaban J connectivity index is 2.10. The lowest BCUT2D eigenvalue weighted by molar-refractivity contribution is 0.556. The molecule has 0 radical (unpaired) electrons. The molecule has 2 rings (SSSR count). The normalized spacial score (nSPS) is 17.3. The lowest BCUT2D eigenvalue weighted by atomic mass is 10.0. The van der Waals surface area contributed by atoms with Gasteiger partial charge in [0.25, 0.3) is 0 Å². The van der Waals surface area contributed by atoms with Crippen LogP contribution in [0.15, 0.2) is 18.2 Å². The van der Waals surface area contributed by atoms with Gasteiger partial charge in [0, 0.05) is 25.3 Å². The van der Waals surface area contributed by atoms with Crippen molar-refractivity contribution in [2.45, 2.75) is 45.6 Å². The Morgan fingerprint density at radius 3 is 2.33 bits per heavy atom. The Kier molecular flexibility index (Phi) is 5.06. The Hall–Kier alpha value is -1.02. The third kappa shape index (κ3) is 3.49. The molecule has 0 spiro atoms. The molecule has 1 fully saturated rings. The van der Waals surface area contributed by atoms with Crippen LogP contribution < -0.4 is 10.2 Å². The quantitative estimate of drug-likeness (QED) is 0.878. The van der Waals surface area contributed by atoms with Crippen molar-refractivity contribution in [3.8, 4) is 0 Å². The first-order chi connectivity index (χ1) is 8.81. The zero-order valence-corrected chi connectivity index (χ0v) is 11.8. The minimum atomic E-state index is 0.959. The fourth-order valence-corrected chi connectivity index (χ4v) is 2.87. The van der Waals surface area contributed by atoms with Gasteiger partial charge in [0.2, 0.25) is 0 Å². The second-order valence-electron chi connectivity index (χ2n) is 5.41. The molecule has 1 aliphatic rings. The van der Waals surface area contributed by atoms with E-state index in [2.05, 4.69) is 35.3 Å². The number of nitrogens with zero attached hydrogens (tertiary/aromatic N) is 1. The van der Waals surface area contributed by atoms with Crippen LogP contribution in [-0.2, 0) is 6.54 Å². The summed E-state index contributed by atoms with van der Waals surface area (Å²) in [7, 11) is 2.00. The molecule has 2 nitrogen and oxygen atoms in total. The van der Waals surface area contributed by atoms with Gasteiger partial charge in [-0.2, -0.15) is 0 Å². The summed E-state index contributed by atoms with van der Waals surface area (Å²) in [6.45, 7) is 5.66. The van der Waals surface area contributed by atoms with E-state index in [9.17, 15) is 0 Å². The standard InChI is InChI=1S/C16H26N2/c1-14-12-15(13-17-2)8-9-16(14)18-10-6-4-3-5-7-11-18/h8-9,12,17H,3-7,10-11,13H2,1-2H3. The van der Waals surface area contributed by atoms with E-state index in [-0.39, 0.29) is 0 Å². The first kappa shape index (κ1) is 13.4. The van der Waals surface area contributed by atoms with E-state index in [0.717, 1.165) is 6.54 Å². The van der Waals surface area contributed by atoms with Crippen LogP contribution in [0.5, 0.6) is 0 Å². The Labute approximate surface area is 111 Å². The van der Waals surface area contributed by atoms with Crippen molar-refractivity contribution in [1.29, 1.82) is 0 Å². The van der Waals surface area contributed by atoms with Crippen LogP contribution in [0.25, 0.3) is 0 Å². The molecule has 1 saturated heterocycles. The summed E-state index contributed by atoms with van der Waals surface area (Å²) >= 11 is 0. The molecule has 2 heteroatoms. The molecular formula is C16H26N2. The van der Waals surface area contributed by atoms with E-state index >= 15 is 0 Å². The number of nitrogens with one attached hydrogen (secondary N) is 1. The van der Waals surface area contributed by atoms with Crippen LogP contribution in [0.3, 0.4) is 0 Å². The van der Waals surface area contributed by atoms with E-state index in [4.69, 9.17) is 0 Å². The van der Waals surface area contributed by atoms with Crippen LogP contribution in [0, 0.1) is 6.92 Å². The van der Waals surface area contributed by atoms with E-state index in [0.29, 0.717) is 0 Å². The highest BCUT2D eigenvalue weighted by atomic mass is 15.1. The van der Waals surface area contributed by atoms with Gasteiger partial charge in [-0.05, 0) is 44.0 Å². The third-order valence-electron chi connectivity index (χ3n) is 3.84. The molecule has 1 aromatic carbocycles. The van der Waals surface area contributed by atoms with Crippen LogP contribution in [0.1, 0.15) is 43.2 Å². The third-order valence-corrected chi connectivity index (χ3v) is 3.84. The molecule has 1 aromatic rings. The number of aryl methyl sites for hydroxylation is 1. The molecule has 0 atom stereocenters. The Morgan fingerprint density at radius 2 is 1.72 bits per heavy atom. The second kappa shape index (κ2) is 6.79. The van der Waals surface area contributed by atoms with Gasteiger partial charge in [-0.25, -0.2) is 0 Å². The van der Waals surface area contributed by atoms with E-state index < -0.39 is 0 Å². The highest BCUT2D eigenvalue weighted by Crippen LogP contribution is 2.24. The van der Waals surface area contributed by atoms with Crippen molar-refractivity contribution in [2.24, 2.45) is 0 Å². The summed E-state index contributed by atoms with van der Waals surface area (Å²) in [4.78, 5) is 2.58. The van der Waals surface area contributed by atoms with Gasteiger partial charge in [-0.1, -0.05) is 31.4 Å². The smallest absolute Gasteiger partial charge is 0.0396 e. The van der Waals surface area contributed by atoms with Crippen LogP contribution in [-0.4, -0.2) is 20.1 Å². The van der Waals surface area contributed by atoms with E-state index in [1.165, 1.54) is 62.0 Å². The zero-order chi connectivity index (χ0) is 12.8. The van der Waals surface area contributed by atoms with Crippen LogP contribution >= 0.6 is 0 Å². The minimum Gasteiger partial charge on any atom is -0.371 e. The van der Waals surface area contributed by atoms with Gasteiger partial charge in [-0.15, -0.1) is 0 Å². The Morgan fingerprint density at radius 1 is 1.06 bits per heavy atom. The van der Waals surface area contributed by atoms with Gasteiger partial charge >= 0.3 is 0 Å². The van der Waals surface area contributed by atoms with Gasteiger partial charge in [0.1, 0.15) is 0 Å². The average molecular weight is 246 g/mol. The molecule has 0 amide bonds. The lowest BCUT2D eigenvalue weighted by Gasteiger charge is -2.28. The predicted molar refractivity (Wildman–Crippen MR) is 79.2 cm³/mol. The summed E-state index contributed by atoms with van der Waals surface area (Å²) in [6, 6.07) is 6.89. The molecular weight excluding hydrogens is 220 g/mol. The fourth-order valence-electron chi connectivity index (χ4n) is 2.87. The molecule has 0 aliphatic carbocycles. The van der Waals surface area contributed by atoms with Gasteiger partial charge in [0.15, 0.2) is 0 Å². The molecule has 100 valence electrons. The van der Waals surface area contributed by atoms with Gasteiger partial charge in [-0.3, -0.25) is 0 Å². The summed E-state index contributed by atoms with van der Waals surface area (Å²) in [5.41, 5.74) is 4.24. The lowest BCUT2D eigenvalue weighted by Crippen LogP contribution is -2.27. The number of rotatable bonds is 3. The van der Waals surface area contributed by atoms with Crippen molar-refractivity contribution in [3.63, 3.8) is 0 Å². The number of hydrogen-bond acceptors (Lipinski definition) is 2. The fraction of sp³-hybridized carbons (Fsp3) is 0.625. The predicted octanol–water partition coefficient (Wildman–Crippen LogP) is 3.48. The molecule has 1 N–H and O–H groups in total. The summed E-state index contributed by atoms with van der Waals surface area (Å²) < 4.78 is 0. The second-order valence-corrected chi connectivity index (χ2v) is 5.41. The first-order valence-corrected chi connectivity index (χ1v) is 7.30. The number of benzene rings is 1. The average Bonchev–Trinajstić information content (AvgIpc) is 2.30. The molecule has 0 saturated carbocycles. The van der Waals surface area contributed by atoms with Gasteiger partial charge < -0.3 is 10.2 Å². The Bertz CT molecular complexity index is 365. The number of anilines is 1. The molecule has 18 heavy (non-hydrogen) atoms. The van der Waals surface area contributed by atoms with Crippen molar-refractivity contribution >= 4 is 5.69 Å². The topological polar surface area (TPSA) is 15.3 Å². The maximum atomic E-state index is 3.21. The van der Waals surface area contributed by atoms with Crippen LogP contribution in [0.4, 0.5) is 5.69 Å². The van der Waals surface area contributed by atoms with E-state index in [1.54, 1.807) is 0 Å².